The lowest BCUT2D eigenvalue weighted by Crippen LogP contribution is -2.25. The lowest BCUT2D eigenvalue weighted by atomic mass is 9.71. The van der Waals surface area contributed by atoms with Gasteiger partial charge >= 0.3 is 0 Å². The zero-order valence-electron chi connectivity index (χ0n) is 14.0. The van der Waals surface area contributed by atoms with Crippen LogP contribution in [0.15, 0.2) is 54.1 Å². The van der Waals surface area contributed by atoms with Gasteiger partial charge in [-0.25, -0.2) is 0 Å². The highest BCUT2D eigenvalue weighted by atomic mass is 14.4. The van der Waals surface area contributed by atoms with Crippen LogP contribution in [-0.4, -0.2) is 0 Å². The molecule has 0 heterocycles. The van der Waals surface area contributed by atoms with Crippen molar-refractivity contribution in [1.29, 1.82) is 0 Å². The van der Waals surface area contributed by atoms with Gasteiger partial charge in [0.1, 0.15) is 0 Å². The maximum Gasteiger partial charge on any atom is 0.0168 e. The van der Waals surface area contributed by atoms with Crippen molar-refractivity contribution in [2.24, 2.45) is 0 Å². The van der Waals surface area contributed by atoms with Gasteiger partial charge in [-0.15, -0.1) is 0 Å². The SMILES string of the molecule is CCCC1(CCC)C(C)=Cc2ccc(-c3ccccc3)cc21. The molecule has 1 aliphatic carbocycles. The summed E-state index contributed by atoms with van der Waals surface area (Å²) >= 11 is 0. The fourth-order valence-electron chi connectivity index (χ4n) is 4.13. The Bertz CT molecular complexity index is 670. The average Bonchev–Trinajstić information content (AvgIpc) is 2.81. The molecule has 1 aliphatic rings. The van der Waals surface area contributed by atoms with Crippen molar-refractivity contribution in [1.82, 2.24) is 0 Å². The summed E-state index contributed by atoms with van der Waals surface area (Å²) in [6.45, 7) is 6.95. The standard InChI is InChI=1S/C22H26/c1-4-13-22(14-5-2)17(3)15-20-12-11-19(16-21(20)22)18-9-7-6-8-10-18/h6-12,15-16H,4-5,13-14H2,1-3H3. The Labute approximate surface area is 134 Å². The van der Waals surface area contributed by atoms with Crippen molar-refractivity contribution in [3.05, 3.63) is 65.2 Å². The van der Waals surface area contributed by atoms with E-state index in [0.717, 1.165) is 0 Å². The van der Waals surface area contributed by atoms with E-state index in [1.807, 2.05) is 0 Å². The smallest absolute Gasteiger partial charge is 0.0168 e. The van der Waals surface area contributed by atoms with Gasteiger partial charge in [-0.1, -0.05) is 80.8 Å². The predicted octanol–water partition coefficient (Wildman–Crippen LogP) is 6.61. The maximum atomic E-state index is 2.45. The molecule has 0 aromatic heterocycles. The molecule has 0 spiro atoms. The van der Waals surface area contributed by atoms with Crippen molar-refractivity contribution >= 4 is 6.08 Å². The largest absolute Gasteiger partial charge is 0.0653 e. The zero-order valence-corrected chi connectivity index (χ0v) is 14.0. The molecule has 22 heavy (non-hydrogen) atoms. The van der Waals surface area contributed by atoms with Crippen molar-refractivity contribution in [2.75, 3.05) is 0 Å². The zero-order chi connectivity index (χ0) is 15.6. The second-order valence-corrected chi connectivity index (χ2v) is 6.58. The van der Waals surface area contributed by atoms with Gasteiger partial charge in [-0.3, -0.25) is 0 Å². The van der Waals surface area contributed by atoms with Gasteiger partial charge in [-0.05, 0) is 48.1 Å². The molecule has 0 heteroatoms. The van der Waals surface area contributed by atoms with Gasteiger partial charge in [0.15, 0.2) is 0 Å². The second-order valence-electron chi connectivity index (χ2n) is 6.58. The van der Waals surface area contributed by atoms with E-state index >= 15 is 0 Å². The van der Waals surface area contributed by atoms with E-state index in [9.17, 15) is 0 Å². The third kappa shape index (κ3) is 2.41. The van der Waals surface area contributed by atoms with Crippen molar-refractivity contribution in [3.63, 3.8) is 0 Å². The van der Waals surface area contributed by atoms with Crippen molar-refractivity contribution in [3.8, 4) is 11.1 Å². The fraction of sp³-hybridized carbons (Fsp3) is 0.364. The number of allylic oxidation sites excluding steroid dienone is 1. The fourth-order valence-corrected chi connectivity index (χ4v) is 4.13. The molecule has 0 amide bonds. The lowest BCUT2D eigenvalue weighted by Gasteiger charge is -2.33. The Balaban J connectivity index is 2.11. The molecule has 0 saturated carbocycles. The molecule has 0 fully saturated rings. The molecule has 0 saturated heterocycles. The van der Waals surface area contributed by atoms with Crippen molar-refractivity contribution < 1.29 is 0 Å². The van der Waals surface area contributed by atoms with E-state index in [-0.39, 0.29) is 5.41 Å². The first-order valence-electron chi connectivity index (χ1n) is 8.60. The molecular weight excluding hydrogens is 264 g/mol. The molecule has 2 aromatic carbocycles. The Morgan fingerprint density at radius 3 is 2.14 bits per heavy atom. The highest BCUT2D eigenvalue weighted by Crippen LogP contribution is 2.49. The van der Waals surface area contributed by atoms with Crippen LogP contribution in [-0.2, 0) is 5.41 Å². The minimum absolute atomic E-state index is 0.267. The Morgan fingerprint density at radius 1 is 0.818 bits per heavy atom. The van der Waals surface area contributed by atoms with Crippen LogP contribution in [0.2, 0.25) is 0 Å². The summed E-state index contributed by atoms with van der Waals surface area (Å²) < 4.78 is 0. The topological polar surface area (TPSA) is 0 Å². The van der Waals surface area contributed by atoms with Crippen LogP contribution < -0.4 is 0 Å². The van der Waals surface area contributed by atoms with Crippen LogP contribution in [0.4, 0.5) is 0 Å². The summed E-state index contributed by atoms with van der Waals surface area (Å²) in [7, 11) is 0. The van der Waals surface area contributed by atoms with Crippen LogP contribution in [0.3, 0.4) is 0 Å². The third-order valence-electron chi connectivity index (χ3n) is 5.16. The summed E-state index contributed by atoms with van der Waals surface area (Å²) in [6.07, 6.45) is 7.40. The number of fused-ring (bicyclic) bond motifs is 1. The summed E-state index contributed by atoms with van der Waals surface area (Å²) in [5, 5.41) is 0. The monoisotopic (exact) mass is 290 g/mol. The van der Waals surface area contributed by atoms with E-state index in [4.69, 9.17) is 0 Å². The number of hydrogen-bond donors (Lipinski definition) is 0. The summed E-state index contributed by atoms with van der Waals surface area (Å²) in [4.78, 5) is 0. The molecule has 0 unspecified atom stereocenters. The lowest BCUT2D eigenvalue weighted by molar-refractivity contribution is 0.425. The average molecular weight is 290 g/mol. The molecule has 0 radical (unpaired) electrons. The van der Waals surface area contributed by atoms with Gasteiger partial charge in [0.25, 0.3) is 0 Å². The van der Waals surface area contributed by atoms with Crippen molar-refractivity contribution in [2.45, 2.75) is 51.9 Å². The number of benzene rings is 2. The first kappa shape index (κ1) is 15.1. The number of rotatable bonds is 5. The summed E-state index contributed by atoms with van der Waals surface area (Å²) in [5.41, 5.74) is 7.46. The summed E-state index contributed by atoms with van der Waals surface area (Å²) in [6, 6.07) is 17.8. The van der Waals surface area contributed by atoms with Gasteiger partial charge in [0.05, 0.1) is 0 Å². The molecule has 114 valence electrons. The quantitative estimate of drug-likeness (QED) is 0.581. The van der Waals surface area contributed by atoms with Crippen LogP contribution >= 0.6 is 0 Å². The molecule has 3 rings (SSSR count). The molecule has 2 aromatic rings. The first-order chi connectivity index (χ1) is 10.7. The van der Waals surface area contributed by atoms with E-state index in [1.165, 1.54) is 42.4 Å². The second kappa shape index (κ2) is 6.12. The van der Waals surface area contributed by atoms with Crippen LogP contribution in [0, 0.1) is 0 Å². The van der Waals surface area contributed by atoms with Crippen LogP contribution in [0.1, 0.15) is 57.6 Å². The Hall–Kier alpha value is -1.82. The van der Waals surface area contributed by atoms with E-state index in [1.54, 1.807) is 11.1 Å². The van der Waals surface area contributed by atoms with E-state index in [0.29, 0.717) is 0 Å². The van der Waals surface area contributed by atoms with E-state index < -0.39 is 0 Å². The highest BCUT2D eigenvalue weighted by molar-refractivity contribution is 5.74. The van der Waals surface area contributed by atoms with Gasteiger partial charge < -0.3 is 0 Å². The molecule has 0 nitrogen and oxygen atoms in total. The molecule has 0 aliphatic heterocycles. The Morgan fingerprint density at radius 2 is 1.50 bits per heavy atom. The highest BCUT2D eigenvalue weighted by Gasteiger charge is 2.37. The number of hydrogen-bond acceptors (Lipinski definition) is 0. The third-order valence-corrected chi connectivity index (χ3v) is 5.16. The molecule has 0 bridgehead atoms. The van der Waals surface area contributed by atoms with Gasteiger partial charge in [0.2, 0.25) is 0 Å². The predicted molar refractivity (Wildman–Crippen MR) is 97.0 cm³/mol. The minimum atomic E-state index is 0.267. The van der Waals surface area contributed by atoms with Gasteiger partial charge in [0, 0.05) is 5.41 Å². The van der Waals surface area contributed by atoms with Gasteiger partial charge in [-0.2, -0.15) is 0 Å². The minimum Gasteiger partial charge on any atom is -0.0653 e. The van der Waals surface area contributed by atoms with Crippen LogP contribution in [0.5, 0.6) is 0 Å². The van der Waals surface area contributed by atoms with E-state index in [2.05, 4.69) is 75.4 Å². The van der Waals surface area contributed by atoms with Crippen LogP contribution in [0.25, 0.3) is 17.2 Å². The normalized spacial score (nSPS) is 15.5. The Kier molecular flexibility index (Phi) is 4.20. The molecule has 0 atom stereocenters. The molecular formula is C22H26. The molecule has 0 N–H and O–H groups in total. The summed E-state index contributed by atoms with van der Waals surface area (Å²) in [5.74, 6) is 0. The first-order valence-corrected chi connectivity index (χ1v) is 8.60. The maximum absolute atomic E-state index is 2.45.